The molecular weight excluding hydrogens is 372 g/mol. The van der Waals surface area contributed by atoms with Crippen LogP contribution in [0.15, 0.2) is 18.2 Å². The maximum absolute atomic E-state index is 13.3. The molecule has 1 aromatic rings. The van der Waals surface area contributed by atoms with Crippen LogP contribution in [0.2, 0.25) is 0 Å². The Morgan fingerprint density at radius 1 is 1.28 bits per heavy atom. The molecule has 0 fully saturated rings. The highest BCUT2D eigenvalue weighted by Gasteiger charge is 2.35. The molecule has 0 aromatic heterocycles. The minimum atomic E-state index is -0.598. The lowest BCUT2D eigenvalue weighted by molar-refractivity contribution is -0.149. The summed E-state index contributed by atoms with van der Waals surface area (Å²) in [6.07, 6.45) is 0.454. The van der Waals surface area contributed by atoms with E-state index in [0.29, 0.717) is 32.7 Å². The van der Waals surface area contributed by atoms with E-state index in [0.717, 1.165) is 11.1 Å². The van der Waals surface area contributed by atoms with Gasteiger partial charge in [0.15, 0.2) is 0 Å². The number of hydrogen-bond donors (Lipinski definition) is 2. The first-order valence-electron chi connectivity index (χ1n) is 9.97. The molecule has 0 unspecified atom stereocenters. The Kier molecular flexibility index (Phi) is 7.30. The van der Waals surface area contributed by atoms with Crippen LogP contribution in [0.3, 0.4) is 0 Å². The van der Waals surface area contributed by atoms with Gasteiger partial charge >= 0.3 is 5.97 Å². The van der Waals surface area contributed by atoms with Gasteiger partial charge in [-0.2, -0.15) is 0 Å². The van der Waals surface area contributed by atoms with Gasteiger partial charge in [-0.05, 0) is 50.1 Å². The van der Waals surface area contributed by atoms with Crippen LogP contribution < -0.4 is 5.73 Å². The molecule has 0 radical (unpaired) electrons. The average molecular weight is 407 g/mol. The first-order valence-corrected chi connectivity index (χ1v) is 9.97. The quantitative estimate of drug-likeness (QED) is 0.642. The number of methoxy groups -OCH3 is 1. The first kappa shape index (κ1) is 23.2. The minimum absolute atomic E-state index is 0.0215. The third-order valence-corrected chi connectivity index (χ3v) is 5.30. The second-order valence-corrected chi connectivity index (χ2v) is 9.25. The van der Waals surface area contributed by atoms with Gasteiger partial charge in [0.1, 0.15) is 5.75 Å². The zero-order valence-corrected chi connectivity index (χ0v) is 18.2. The first-order chi connectivity index (χ1) is 13.5. The number of phenols is 1. The van der Waals surface area contributed by atoms with Crippen LogP contribution in [0.1, 0.15) is 45.2 Å². The van der Waals surface area contributed by atoms with E-state index in [2.05, 4.69) is 0 Å². The summed E-state index contributed by atoms with van der Waals surface area (Å²) in [4.78, 5) is 26.9. The number of nitrogens with two attached hydrogens (primary N) is 1. The maximum Gasteiger partial charge on any atom is 0.306 e. The van der Waals surface area contributed by atoms with Gasteiger partial charge in [0, 0.05) is 18.5 Å². The zero-order valence-electron chi connectivity index (χ0n) is 18.2. The van der Waals surface area contributed by atoms with Gasteiger partial charge in [-0.15, -0.1) is 0 Å². The third-order valence-electron chi connectivity index (χ3n) is 5.30. The molecule has 2 rings (SSSR count). The molecule has 1 aliphatic rings. The highest BCUT2D eigenvalue weighted by Crippen LogP contribution is 2.29. The Balaban J connectivity index is 2.25. The van der Waals surface area contributed by atoms with Crippen LogP contribution in [0.25, 0.3) is 0 Å². The van der Waals surface area contributed by atoms with Crippen molar-refractivity contribution >= 4 is 11.9 Å². The maximum atomic E-state index is 13.3. The van der Waals surface area contributed by atoms with Crippen molar-refractivity contribution < 1.29 is 24.2 Å². The Labute approximate surface area is 173 Å². The summed E-state index contributed by atoms with van der Waals surface area (Å²) in [6.45, 7) is 9.64. The van der Waals surface area contributed by atoms with E-state index in [1.807, 2.05) is 33.8 Å². The number of carbonyl (C=O) groups is 2. The summed E-state index contributed by atoms with van der Waals surface area (Å²) >= 11 is 0. The Hall–Kier alpha value is -2.12. The summed E-state index contributed by atoms with van der Waals surface area (Å²) < 4.78 is 10.9. The number of carbonyl (C=O) groups excluding carboxylic acids is 2. The summed E-state index contributed by atoms with van der Waals surface area (Å²) in [5.41, 5.74) is 6.87. The van der Waals surface area contributed by atoms with Crippen LogP contribution in [-0.4, -0.2) is 54.3 Å². The van der Waals surface area contributed by atoms with E-state index in [1.54, 1.807) is 17.0 Å². The standard InChI is InChI=1S/C22H34N2O5/c1-21(2,12-23)14-29-22(3,4)13-24-11-17-9-18(25)7-6-15(17)8-16(20(24)27)10-19(26)28-5/h6-7,9,16,25H,8,10-14,23H2,1-5H3/t16-/m0/s1. The summed E-state index contributed by atoms with van der Waals surface area (Å²) in [5, 5.41) is 9.90. The normalized spacial score (nSPS) is 17.7. The van der Waals surface area contributed by atoms with Gasteiger partial charge in [0.05, 0.1) is 31.7 Å². The number of hydrogen-bond acceptors (Lipinski definition) is 6. The lowest BCUT2D eigenvalue weighted by atomic mass is 9.94. The second-order valence-electron chi connectivity index (χ2n) is 9.25. The topological polar surface area (TPSA) is 102 Å². The molecule has 0 saturated heterocycles. The number of fused-ring (bicyclic) bond motifs is 1. The molecule has 1 amide bonds. The van der Waals surface area contributed by atoms with Gasteiger partial charge in [-0.1, -0.05) is 19.9 Å². The fourth-order valence-electron chi connectivity index (χ4n) is 3.39. The number of aromatic hydroxyl groups is 1. The van der Waals surface area contributed by atoms with Gasteiger partial charge < -0.3 is 25.2 Å². The molecule has 0 aliphatic carbocycles. The Morgan fingerprint density at radius 3 is 2.59 bits per heavy atom. The van der Waals surface area contributed by atoms with Crippen molar-refractivity contribution in [2.45, 2.75) is 52.7 Å². The predicted octanol–water partition coefficient (Wildman–Crippen LogP) is 2.24. The van der Waals surface area contributed by atoms with Gasteiger partial charge in [0.25, 0.3) is 0 Å². The monoisotopic (exact) mass is 406 g/mol. The van der Waals surface area contributed by atoms with Crippen LogP contribution in [0, 0.1) is 11.3 Å². The minimum Gasteiger partial charge on any atom is -0.508 e. The number of benzene rings is 1. The lowest BCUT2D eigenvalue weighted by Gasteiger charge is -2.36. The number of ether oxygens (including phenoxy) is 2. The van der Waals surface area contributed by atoms with Crippen molar-refractivity contribution in [2.75, 3.05) is 26.8 Å². The van der Waals surface area contributed by atoms with E-state index in [9.17, 15) is 14.7 Å². The van der Waals surface area contributed by atoms with Crippen molar-refractivity contribution in [1.29, 1.82) is 0 Å². The van der Waals surface area contributed by atoms with Crippen molar-refractivity contribution in [3.05, 3.63) is 29.3 Å². The van der Waals surface area contributed by atoms with Crippen LogP contribution in [0.4, 0.5) is 0 Å². The van der Waals surface area contributed by atoms with E-state index < -0.39 is 17.5 Å². The molecule has 0 bridgehead atoms. The third kappa shape index (κ3) is 6.44. The smallest absolute Gasteiger partial charge is 0.306 e. The molecule has 0 saturated carbocycles. The zero-order chi connectivity index (χ0) is 21.8. The SMILES string of the molecule is COC(=O)C[C@@H]1Cc2ccc(O)cc2CN(CC(C)(C)OCC(C)(C)CN)C1=O. The molecule has 1 aliphatic heterocycles. The molecule has 0 spiro atoms. The molecule has 29 heavy (non-hydrogen) atoms. The van der Waals surface area contributed by atoms with Crippen molar-refractivity contribution in [2.24, 2.45) is 17.1 Å². The highest BCUT2D eigenvalue weighted by atomic mass is 16.5. The fourth-order valence-corrected chi connectivity index (χ4v) is 3.39. The average Bonchev–Trinajstić information content (AvgIpc) is 2.77. The van der Waals surface area contributed by atoms with Crippen LogP contribution in [-0.2, 0) is 32.0 Å². The van der Waals surface area contributed by atoms with Crippen LogP contribution >= 0.6 is 0 Å². The van der Waals surface area contributed by atoms with E-state index >= 15 is 0 Å². The molecule has 1 heterocycles. The van der Waals surface area contributed by atoms with Gasteiger partial charge in [-0.25, -0.2) is 0 Å². The Bertz CT molecular complexity index is 745. The fraction of sp³-hybridized carbons (Fsp3) is 0.636. The van der Waals surface area contributed by atoms with Gasteiger partial charge in [0.2, 0.25) is 5.91 Å². The number of rotatable bonds is 8. The molecule has 1 atom stereocenters. The summed E-state index contributed by atoms with van der Waals surface area (Å²) in [6, 6.07) is 5.11. The molecule has 7 heteroatoms. The largest absolute Gasteiger partial charge is 0.508 e. The molecule has 3 N–H and O–H groups in total. The van der Waals surface area contributed by atoms with Crippen LogP contribution in [0.5, 0.6) is 5.75 Å². The number of esters is 1. The van der Waals surface area contributed by atoms with Crippen molar-refractivity contribution in [3.63, 3.8) is 0 Å². The highest BCUT2D eigenvalue weighted by molar-refractivity contribution is 5.84. The number of nitrogens with zero attached hydrogens (tertiary/aromatic N) is 1. The van der Waals surface area contributed by atoms with Crippen molar-refractivity contribution in [1.82, 2.24) is 4.90 Å². The summed E-state index contributed by atoms with van der Waals surface area (Å²) in [5.74, 6) is -0.876. The molecular formula is C22H34N2O5. The summed E-state index contributed by atoms with van der Waals surface area (Å²) in [7, 11) is 1.32. The van der Waals surface area contributed by atoms with Crippen molar-refractivity contribution in [3.8, 4) is 5.75 Å². The van der Waals surface area contributed by atoms with E-state index in [-0.39, 0.29) is 23.5 Å². The predicted molar refractivity (Wildman–Crippen MR) is 110 cm³/mol. The lowest BCUT2D eigenvalue weighted by Crippen LogP contribution is -2.46. The Morgan fingerprint density at radius 2 is 1.97 bits per heavy atom. The van der Waals surface area contributed by atoms with E-state index in [1.165, 1.54) is 7.11 Å². The van der Waals surface area contributed by atoms with E-state index in [4.69, 9.17) is 15.2 Å². The molecule has 162 valence electrons. The second kappa shape index (κ2) is 9.13. The molecule has 1 aromatic carbocycles. The molecule has 7 nitrogen and oxygen atoms in total. The van der Waals surface area contributed by atoms with Gasteiger partial charge in [-0.3, -0.25) is 9.59 Å². The number of phenolic OH excluding ortho intramolecular Hbond substituents is 1. The number of amides is 1.